The number of nitrogens with zero attached hydrogens (tertiary/aromatic N) is 1. The molecular formula is C16H20N2O3. The number of rotatable bonds is 4. The summed E-state index contributed by atoms with van der Waals surface area (Å²) in [5, 5.41) is 7.11. The van der Waals surface area contributed by atoms with Gasteiger partial charge in [0.2, 0.25) is 6.10 Å². The van der Waals surface area contributed by atoms with Crippen LogP contribution in [0, 0.1) is 0 Å². The summed E-state index contributed by atoms with van der Waals surface area (Å²) >= 11 is 0. The average molecular weight is 288 g/mol. The van der Waals surface area contributed by atoms with E-state index in [9.17, 15) is 4.79 Å². The van der Waals surface area contributed by atoms with Gasteiger partial charge in [-0.1, -0.05) is 30.1 Å². The van der Waals surface area contributed by atoms with E-state index in [0.29, 0.717) is 12.5 Å². The maximum atomic E-state index is 12.2. The molecule has 3 rings (SSSR count). The maximum Gasteiger partial charge on any atom is 0.264 e. The Labute approximate surface area is 124 Å². The Balaban J connectivity index is 1.59. The van der Waals surface area contributed by atoms with Crippen LogP contribution in [0.2, 0.25) is 0 Å². The molecule has 0 aromatic heterocycles. The molecule has 2 aliphatic rings. The fourth-order valence-electron chi connectivity index (χ4n) is 2.86. The molecule has 0 saturated heterocycles. The van der Waals surface area contributed by atoms with Crippen molar-refractivity contribution in [2.75, 3.05) is 7.11 Å². The predicted octanol–water partition coefficient (Wildman–Crippen LogP) is 2.25. The highest BCUT2D eigenvalue weighted by molar-refractivity contribution is 6.04. The summed E-state index contributed by atoms with van der Waals surface area (Å²) in [5.74, 6) is 0.720. The van der Waals surface area contributed by atoms with Gasteiger partial charge in [-0.15, -0.1) is 0 Å². The van der Waals surface area contributed by atoms with Crippen LogP contribution in [0.5, 0.6) is 5.75 Å². The van der Waals surface area contributed by atoms with Crippen LogP contribution in [-0.2, 0) is 9.63 Å². The Morgan fingerprint density at radius 2 is 2.19 bits per heavy atom. The van der Waals surface area contributed by atoms with Crippen molar-refractivity contribution in [1.82, 2.24) is 5.32 Å². The van der Waals surface area contributed by atoms with Crippen LogP contribution in [0.3, 0.4) is 0 Å². The molecule has 1 fully saturated rings. The number of carbonyl (C=O) groups is 1. The summed E-state index contributed by atoms with van der Waals surface area (Å²) in [6.45, 7) is 0. The number of nitrogens with one attached hydrogen (secondary N) is 1. The van der Waals surface area contributed by atoms with E-state index in [-0.39, 0.29) is 5.91 Å². The fraction of sp³-hybridized carbons (Fsp3) is 0.500. The van der Waals surface area contributed by atoms with Crippen LogP contribution in [0.1, 0.15) is 37.7 Å². The van der Waals surface area contributed by atoms with Gasteiger partial charge in [0.1, 0.15) is 5.75 Å². The van der Waals surface area contributed by atoms with Gasteiger partial charge in [0.25, 0.3) is 5.91 Å². The lowest BCUT2D eigenvalue weighted by molar-refractivity contribution is -0.131. The summed E-state index contributed by atoms with van der Waals surface area (Å²) in [5.41, 5.74) is 1.73. The van der Waals surface area contributed by atoms with E-state index in [4.69, 9.17) is 9.57 Å². The number of benzene rings is 1. The Bertz CT molecular complexity index is 550. The number of hydrogen-bond donors (Lipinski definition) is 1. The third-order valence-electron chi connectivity index (χ3n) is 4.07. The van der Waals surface area contributed by atoms with E-state index in [1.807, 2.05) is 24.3 Å². The molecule has 0 unspecified atom stereocenters. The van der Waals surface area contributed by atoms with Crippen LogP contribution in [0.25, 0.3) is 0 Å². The Kier molecular flexibility index (Phi) is 4.08. The number of methoxy groups -OCH3 is 1. The van der Waals surface area contributed by atoms with Gasteiger partial charge in [-0.05, 0) is 25.0 Å². The second-order valence-corrected chi connectivity index (χ2v) is 5.56. The summed E-state index contributed by atoms with van der Waals surface area (Å²) in [6.07, 6.45) is 4.53. The molecule has 1 aromatic carbocycles. The van der Waals surface area contributed by atoms with Crippen molar-refractivity contribution in [2.24, 2.45) is 5.16 Å². The molecule has 1 saturated carbocycles. The van der Waals surface area contributed by atoms with Gasteiger partial charge in [-0.25, -0.2) is 0 Å². The normalized spacial score (nSPS) is 21.8. The number of hydrogen-bond acceptors (Lipinski definition) is 4. The first-order valence-corrected chi connectivity index (χ1v) is 7.44. The molecule has 1 heterocycles. The lowest BCUT2D eigenvalue weighted by Crippen LogP contribution is -2.40. The second-order valence-electron chi connectivity index (χ2n) is 5.56. The van der Waals surface area contributed by atoms with Crippen LogP contribution < -0.4 is 10.1 Å². The minimum atomic E-state index is -0.508. The highest BCUT2D eigenvalue weighted by Gasteiger charge is 2.30. The average Bonchev–Trinajstić information content (AvgIpc) is 3.18. The SMILES string of the molecule is COc1cccc(C2=NO[C@@H](C(=O)NC3CCCC3)C2)c1. The highest BCUT2D eigenvalue weighted by Crippen LogP contribution is 2.22. The van der Waals surface area contributed by atoms with Crippen LogP contribution in [-0.4, -0.2) is 30.9 Å². The molecule has 1 atom stereocenters. The zero-order chi connectivity index (χ0) is 14.7. The van der Waals surface area contributed by atoms with Gasteiger partial charge in [0, 0.05) is 18.0 Å². The molecule has 0 spiro atoms. The zero-order valence-electron chi connectivity index (χ0n) is 12.2. The molecule has 0 bridgehead atoms. The Morgan fingerprint density at radius 3 is 2.95 bits per heavy atom. The first-order chi connectivity index (χ1) is 10.3. The highest BCUT2D eigenvalue weighted by atomic mass is 16.6. The molecule has 5 nitrogen and oxygen atoms in total. The van der Waals surface area contributed by atoms with Gasteiger partial charge in [0.05, 0.1) is 12.8 Å². The van der Waals surface area contributed by atoms with Crippen molar-refractivity contribution in [3.8, 4) is 5.75 Å². The topological polar surface area (TPSA) is 59.9 Å². The third kappa shape index (κ3) is 3.17. The van der Waals surface area contributed by atoms with Crippen LogP contribution in [0.4, 0.5) is 0 Å². The second kappa shape index (κ2) is 6.16. The Morgan fingerprint density at radius 1 is 1.38 bits per heavy atom. The van der Waals surface area contributed by atoms with E-state index in [0.717, 1.165) is 29.9 Å². The van der Waals surface area contributed by atoms with E-state index in [1.165, 1.54) is 12.8 Å². The van der Waals surface area contributed by atoms with Gasteiger partial charge in [-0.2, -0.15) is 0 Å². The number of oxime groups is 1. The predicted molar refractivity (Wildman–Crippen MR) is 79.4 cm³/mol. The lowest BCUT2D eigenvalue weighted by Gasteiger charge is -2.14. The largest absolute Gasteiger partial charge is 0.497 e. The number of carbonyl (C=O) groups excluding carboxylic acids is 1. The van der Waals surface area contributed by atoms with E-state index < -0.39 is 6.10 Å². The fourth-order valence-corrected chi connectivity index (χ4v) is 2.86. The van der Waals surface area contributed by atoms with Crippen LogP contribution >= 0.6 is 0 Å². The summed E-state index contributed by atoms with van der Waals surface area (Å²) < 4.78 is 5.20. The van der Waals surface area contributed by atoms with E-state index >= 15 is 0 Å². The Hall–Kier alpha value is -2.04. The van der Waals surface area contributed by atoms with Gasteiger partial charge in [0.15, 0.2) is 0 Å². The molecule has 112 valence electrons. The van der Waals surface area contributed by atoms with Crippen molar-refractivity contribution >= 4 is 11.6 Å². The number of amides is 1. The quantitative estimate of drug-likeness (QED) is 0.924. The molecule has 1 aliphatic carbocycles. The van der Waals surface area contributed by atoms with Gasteiger partial charge in [-0.3, -0.25) is 4.79 Å². The van der Waals surface area contributed by atoms with Gasteiger partial charge >= 0.3 is 0 Å². The smallest absolute Gasteiger partial charge is 0.264 e. The molecule has 1 aromatic rings. The van der Waals surface area contributed by atoms with Crippen molar-refractivity contribution < 1.29 is 14.4 Å². The van der Waals surface area contributed by atoms with Gasteiger partial charge < -0.3 is 14.9 Å². The lowest BCUT2D eigenvalue weighted by atomic mass is 10.0. The first-order valence-electron chi connectivity index (χ1n) is 7.44. The van der Waals surface area contributed by atoms with Crippen molar-refractivity contribution in [1.29, 1.82) is 0 Å². The minimum absolute atomic E-state index is 0.0523. The summed E-state index contributed by atoms with van der Waals surface area (Å²) in [6, 6.07) is 7.94. The van der Waals surface area contributed by atoms with E-state index in [2.05, 4.69) is 10.5 Å². The van der Waals surface area contributed by atoms with Crippen molar-refractivity contribution in [3.63, 3.8) is 0 Å². The van der Waals surface area contributed by atoms with E-state index in [1.54, 1.807) is 7.11 Å². The standard InChI is InChI=1S/C16H20N2O3/c1-20-13-8-4-5-11(9-13)14-10-15(21-18-14)16(19)17-12-6-2-3-7-12/h4-5,8-9,12,15H,2-3,6-7,10H2,1H3,(H,17,19)/t15-/m1/s1. The summed E-state index contributed by atoms with van der Waals surface area (Å²) in [7, 11) is 1.63. The third-order valence-corrected chi connectivity index (χ3v) is 4.07. The molecule has 5 heteroatoms. The van der Waals surface area contributed by atoms with Crippen molar-refractivity contribution in [3.05, 3.63) is 29.8 Å². The molecule has 1 amide bonds. The molecule has 1 N–H and O–H groups in total. The maximum absolute atomic E-state index is 12.2. The van der Waals surface area contributed by atoms with Crippen LogP contribution in [0.15, 0.2) is 29.4 Å². The van der Waals surface area contributed by atoms with Crippen molar-refractivity contribution in [2.45, 2.75) is 44.2 Å². The zero-order valence-corrected chi connectivity index (χ0v) is 12.2. The molecule has 0 radical (unpaired) electrons. The molecule has 1 aliphatic heterocycles. The monoisotopic (exact) mass is 288 g/mol. The summed E-state index contributed by atoms with van der Waals surface area (Å²) in [4.78, 5) is 17.5. The number of ether oxygens (including phenoxy) is 1. The minimum Gasteiger partial charge on any atom is -0.497 e. The molecular weight excluding hydrogens is 268 g/mol. The first kappa shape index (κ1) is 13.9. The molecule has 21 heavy (non-hydrogen) atoms.